The Bertz CT molecular complexity index is 1160. The van der Waals surface area contributed by atoms with Gasteiger partial charge >= 0.3 is 7.12 Å². The van der Waals surface area contributed by atoms with Gasteiger partial charge in [-0.25, -0.2) is 4.98 Å². The molecule has 2 aromatic heterocycles. The lowest BCUT2D eigenvalue weighted by Gasteiger charge is -2.32. The number of rotatable bonds is 5. The first-order valence-corrected chi connectivity index (χ1v) is 11.9. The molecule has 3 aromatic rings. The van der Waals surface area contributed by atoms with Crippen LogP contribution in [0.5, 0.6) is 0 Å². The van der Waals surface area contributed by atoms with Crippen LogP contribution in [0.3, 0.4) is 0 Å². The second-order valence-electron chi connectivity index (χ2n) is 10.3. The maximum atomic E-state index is 6.29. The zero-order chi connectivity index (χ0) is 23.2. The number of fused-ring (bicyclic) bond motifs is 1. The minimum Gasteiger partial charge on any atom is -0.399 e. The molecule has 1 N–H and O–H groups in total. The molecular weight excluding hydrogens is 411 g/mol. The summed E-state index contributed by atoms with van der Waals surface area (Å²) < 4.78 is 12.6. The van der Waals surface area contributed by atoms with Crippen LogP contribution in [-0.2, 0) is 15.9 Å². The summed E-state index contributed by atoms with van der Waals surface area (Å²) in [6.45, 7) is 13.7. The van der Waals surface area contributed by atoms with Crippen molar-refractivity contribution in [2.75, 3.05) is 18.4 Å². The van der Waals surface area contributed by atoms with Gasteiger partial charge in [0.2, 0.25) is 0 Å². The maximum Gasteiger partial charge on any atom is 0.495 e. The third-order valence-corrected chi connectivity index (χ3v) is 7.40. The van der Waals surface area contributed by atoms with Gasteiger partial charge in [0.1, 0.15) is 5.52 Å². The molecule has 172 valence electrons. The van der Waals surface area contributed by atoms with Gasteiger partial charge in [-0.15, -0.1) is 0 Å². The predicted octanol–water partition coefficient (Wildman–Crippen LogP) is 4.58. The standard InChI is InChI=1S/C26H33BN4O2/c1-18-21(27-32-25(2,3)26(4,5)33-27)9-8-10-22(18)30-24-23-20(11-12-28-24)15-19(16-29-23)17-31-13-6-7-14-31/h8-12,15-16H,6-7,13-14,17H2,1-5H3,(H,28,30). The average molecular weight is 444 g/mol. The quantitative estimate of drug-likeness (QED) is 0.582. The van der Waals surface area contributed by atoms with Gasteiger partial charge < -0.3 is 14.6 Å². The van der Waals surface area contributed by atoms with E-state index in [0.717, 1.165) is 40.0 Å². The molecule has 5 rings (SSSR count). The van der Waals surface area contributed by atoms with E-state index in [2.05, 4.69) is 68.0 Å². The lowest BCUT2D eigenvalue weighted by Crippen LogP contribution is -2.41. The normalized spacial score (nSPS) is 20.0. The summed E-state index contributed by atoms with van der Waals surface area (Å²) >= 11 is 0. The van der Waals surface area contributed by atoms with Crippen molar-refractivity contribution in [1.82, 2.24) is 14.9 Å². The van der Waals surface area contributed by atoms with Crippen molar-refractivity contribution in [3.05, 3.63) is 53.9 Å². The fourth-order valence-corrected chi connectivity index (χ4v) is 4.62. The van der Waals surface area contributed by atoms with Crippen LogP contribution in [0.25, 0.3) is 10.9 Å². The van der Waals surface area contributed by atoms with E-state index < -0.39 is 7.12 Å². The van der Waals surface area contributed by atoms with Crippen molar-refractivity contribution in [1.29, 1.82) is 0 Å². The molecule has 2 fully saturated rings. The summed E-state index contributed by atoms with van der Waals surface area (Å²) in [4.78, 5) is 11.9. The van der Waals surface area contributed by atoms with E-state index in [0.29, 0.717) is 0 Å². The van der Waals surface area contributed by atoms with Gasteiger partial charge in [0.05, 0.1) is 11.2 Å². The van der Waals surface area contributed by atoms with Crippen LogP contribution in [0.15, 0.2) is 42.7 Å². The van der Waals surface area contributed by atoms with Crippen LogP contribution in [0.2, 0.25) is 0 Å². The number of anilines is 2. The summed E-state index contributed by atoms with van der Waals surface area (Å²) in [7, 11) is -0.400. The Hall–Kier alpha value is -2.48. The van der Waals surface area contributed by atoms with Gasteiger partial charge in [0.15, 0.2) is 5.82 Å². The molecule has 0 spiro atoms. The first-order chi connectivity index (χ1) is 15.7. The van der Waals surface area contributed by atoms with E-state index in [4.69, 9.17) is 14.3 Å². The van der Waals surface area contributed by atoms with Crippen LogP contribution < -0.4 is 10.8 Å². The maximum absolute atomic E-state index is 6.29. The van der Waals surface area contributed by atoms with Gasteiger partial charge in [0.25, 0.3) is 0 Å². The molecule has 4 heterocycles. The Morgan fingerprint density at radius 3 is 2.48 bits per heavy atom. The predicted molar refractivity (Wildman–Crippen MR) is 134 cm³/mol. The average Bonchev–Trinajstić information content (AvgIpc) is 3.34. The molecule has 0 atom stereocenters. The van der Waals surface area contributed by atoms with Gasteiger partial charge in [-0.3, -0.25) is 9.88 Å². The SMILES string of the molecule is Cc1c(Nc2nccc3cc(CN4CCCC4)cnc23)cccc1B1OC(C)(C)C(C)(C)O1. The molecule has 33 heavy (non-hydrogen) atoms. The third kappa shape index (κ3) is 4.25. The number of likely N-dealkylation sites (tertiary alicyclic amines) is 1. The zero-order valence-electron chi connectivity index (χ0n) is 20.3. The zero-order valence-corrected chi connectivity index (χ0v) is 20.3. The number of benzene rings is 1. The highest BCUT2D eigenvalue weighted by Crippen LogP contribution is 2.37. The van der Waals surface area contributed by atoms with E-state index in [9.17, 15) is 0 Å². The second-order valence-corrected chi connectivity index (χ2v) is 10.3. The molecule has 2 aliphatic heterocycles. The molecule has 0 unspecified atom stereocenters. The van der Waals surface area contributed by atoms with Gasteiger partial charge in [-0.05, 0) is 95.3 Å². The molecule has 0 amide bonds. The highest BCUT2D eigenvalue weighted by Gasteiger charge is 2.52. The van der Waals surface area contributed by atoms with Crippen LogP contribution in [0, 0.1) is 6.92 Å². The summed E-state index contributed by atoms with van der Waals surface area (Å²) in [5.41, 5.74) is 4.47. The second kappa shape index (κ2) is 8.39. The van der Waals surface area contributed by atoms with Crippen LogP contribution in [-0.4, -0.2) is 46.3 Å². The molecule has 1 aromatic carbocycles. The van der Waals surface area contributed by atoms with Crippen molar-refractivity contribution in [2.45, 2.75) is 65.2 Å². The van der Waals surface area contributed by atoms with Crippen molar-refractivity contribution in [3.8, 4) is 0 Å². The Balaban J connectivity index is 1.41. The van der Waals surface area contributed by atoms with Crippen LogP contribution in [0.4, 0.5) is 11.5 Å². The summed E-state index contributed by atoms with van der Waals surface area (Å²) in [5, 5.41) is 4.62. The molecule has 7 heteroatoms. The smallest absolute Gasteiger partial charge is 0.399 e. The largest absolute Gasteiger partial charge is 0.495 e. The molecular formula is C26H33BN4O2. The highest BCUT2D eigenvalue weighted by atomic mass is 16.7. The fourth-order valence-electron chi connectivity index (χ4n) is 4.62. The third-order valence-electron chi connectivity index (χ3n) is 7.40. The van der Waals surface area contributed by atoms with E-state index >= 15 is 0 Å². The van der Waals surface area contributed by atoms with E-state index in [1.165, 1.54) is 31.5 Å². The van der Waals surface area contributed by atoms with E-state index in [-0.39, 0.29) is 11.2 Å². The van der Waals surface area contributed by atoms with Crippen LogP contribution in [0.1, 0.15) is 51.7 Å². The minimum absolute atomic E-state index is 0.374. The van der Waals surface area contributed by atoms with Gasteiger partial charge in [0, 0.05) is 30.0 Å². The summed E-state index contributed by atoms with van der Waals surface area (Å²) in [5.74, 6) is 0.759. The van der Waals surface area contributed by atoms with E-state index in [1.807, 2.05) is 24.5 Å². The van der Waals surface area contributed by atoms with Crippen molar-refractivity contribution < 1.29 is 9.31 Å². The summed E-state index contributed by atoms with van der Waals surface area (Å²) in [6, 6.07) is 10.4. The molecule has 6 nitrogen and oxygen atoms in total. The molecule has 0 radical (unpaired) electrons. The minimum atomic E-state index is -0.400. The molecule has 2 aliphatic rings. The number of pyridine rings is 2. The lowest BCUT2D eigenvalue weighted by molar-refractivity contribution is 0.00578. The van der Waals surface area contributed by atoms with E-state index in [1.54, 1.807) is 0 Å². The van der Waals surface area contributed by atoms with Crippen LogP contribution >= 0.6 is 0 Å². The monoisotopic (exact) mass is 444 g/mol. The number of nitrogens with zero attached hydrogens (tertiary/aromatic N) is 3. The first kappa shape index (κ1) is 22.3. The van der Waals surface area contributed by atoms with Crippen molar-refractivity contribution >= 4 is 35.0 Å². The molecule has 2 saturated heterocycles. The topological polar surface area (TPSA) is 59.5 Å². The first-order valence-electron chi connectivity index (χ1n) is 11.9. The Labute approximate surface area is 196 Å². The number of aromatic nitrogens is 2. The molecule has 0 saturated carbocycles. The summed E-state index contributed by atoms with van der Waals surface area (Å²) in [6.07, 6.45) is 6.42. The van der Waals surface area contributed by atoms with Gasteiger partial charge in [-0.1, -0.05) is 12.1 Å². The Morgan fingerprint density at radius 2 is 1.76 bits per heavy atom. The lowest BCUT2D eigenvalue weighted by atomic mass is 9.76. The van der Waals surface area contributed by atoms with Crippen molar-refractivity contribution in [3.63, 3.8) is 0 Å². The highest BCUT2D eigenvalue weighted by molar-refractivity contribution is 6.62. The molecule has 0 bridgehead atoms. The fraction of sp³-hybridized carbons (Fsp3) is 0.462. The Morgan fingerprint density at radius 1 is 1.03 bits per heavy atom. The number of nitrogens with one attached hydrogen (secondary N) is 1. The molecule has 0 aliphatic carbocycles. The number of hydrogen-bond donors (Lipinski definition) is 1. The number of hydrogen-bond acceptors (Lipinski definition) is 6. The Kier molecular flexibility index (Phi) is 5.67. The van der Waals surface area contributed by atoms with Crippen molar-refractivity contribution in [2.24, 2.45) is 0 Å². The van der Waals surface area contributed by atoms with Gasteiger partial charge in [-0.2, -0.15) is 0 Å².